The molecule has 0 saturated heterocycles. The van der Waals surface area contributed by atoms with Crippen LogP contribution >= 0.6 is 48.8 Å². The van der Waals surface area contributed by atoms with Gasteiger partial charge in [0.05, 0.1) is 17.8 Å². The van der Waals surface area contributed by atoms with E-state index in [1.54, 1.807) is 7.11 Å². The average Bonchev–Trinajstić information content (AvgIpc) is 3.10. The molecule has 3 heterocycles. The van der Waals surface area contributed by atoms with Crippen LogP contribution in [-0.2, 0) is 0 Å². The van der Waals surface area contributed by atoms with Crippen LogP contribution in [0.3, 0.4) is 0 Å². The van der Waals surface area contributed by atoms with Gasteiger partial charge in [-0.1, -0.05) is 17.7 Å². The number of aryl methyl sites for hydroxylation is 1. The molecular formula is C20H24Cl4N4O. The minimum Gasteiger partial charge on any atom is -0.495 e. The molecule has 0 saturated carbocycles. The van der Waals surface area contributed by atoms with Crippen molar-refractivity contribution in [2.75, 3.05) is 25.5 Å². The first-order chi connectivity index (χ1) is 12.7. The Morgan fingerprint density at radius 2 is 1.97 bits per heavy atom. The number of benzene rings is 1. The van der Waals surface area contributed by atoms with E-state index in [1.165, 1.54) is 5.57 Å². The maximum absolute atomic E-state index is 6.27. The summed E-state index contributed by atoms with van der Waals surface area (Å²) < 4.78 is 5.37. The lowest BCUT2D eigenvalue weighted by molar-refractivity contribution is 0.415. The molecule has 0 bridgehead atoms. The zero-order valence-corrected chi connectivity index (χ0v) is 19.2. The van der Waals surface area contributed by atoms with Crippen LogP contribution < -0.4 is 15.4 Å². The molecule has 1 aromatic carbocycles. The number of hydrogen-bond donors (Lipinski definition) is 3. The minimum absolute atomic E-state index is 0. The van der Waals surface area contributed by atoms with Crippen molar-refractivity contribution < 1.29 is 4.74 Å². The Morgan fingerprint density at radius 1 is 1.17 bits per heavy atom. The van der Waals surface area contributed by atoms with E-state index in [0.717, 1.165) is 53.2 Å². The van der Waals surface area contributed by atoms with E-state index in [1.807, 2.05) is 31.3 Å². The third-order valence-corrected chi connectivity index (χ3v) is 5.15. The number of fused-ring (bicyclic) bond motifs is 1. The van der Waals surface area contributed by atoms with Crippen molar-refractivity contribution in [3.63, 3.8) is 0 Å². The van der Waals surface area contributed by atoms with Crippen LogP contribution in [0.4, 0.5) is 11.4 Å². The lowest BCUT2D eigenvalue weighted by atomic mass is 10.1. The van der Waals surface area contributed by atoms with Crippen LogP contribution in [0.15, 0.2) is 36.5 Å². The van der Waals surface area contributed by atoms with Crippen molar-refractivity contribution in [2.24, 2.45) is 0 Å². The molecule has 2 aromatic heterocycles. The Bertz CT molecular complexity index is 1000. The van der Waals surface area contributed by atoms with Crippen LogP contribution in [0.2, 0.25) is 5.02 Å². The topological polar surface area (TPSA) is 62.0 Å². The second-order valence-corrected chi connectivity index (χ2v) is 6.80. The SMILES string of the molecule is COc1cc(Nc2ccnc3[nH]c(C4=CCNCC4)cc23)cc(C)c1Cl.Cl.Cl.Cl. The third-order valence-electron chi connectivity index (χ3n) is 4.66. The summed E-state index contributed by atoms with van der Waals surface area (Å²) in [4.78, 5) is 7.92. The van der Waals surface area contributed by atoms with E-state index in [2.05, 4.69) is 32.7 Å². The van der Waals surface area contributed by atoms with Gasteiger partial charge in [-0.05, 0) is 49.2 Å². The van der Waals surface area contributed by atoms with Gasteiger partial charge in [0.2, 0.25) is 0 Å². The average molecular weight is 478 g/mol. The highest BCUT2D eigenvalue weighted by molar-refractivity contribution is 6.33. The molecule has 0 amide bonds. The van der Waals surface area contributed by atoms with Crippen molar-refractivity contribution in [1.29, 1.82) is 0 Å². The lowest BCUT2D eigenvalue weighted by Crippen LogP contribution is -2.20. The second kappa shape index (κ2) is 11.0. The van der Waals surface area contributed by atoms with Crippen molar-refractivity contribution in [1.82, 2.24) is 15.3 Å². The Kier molecular flexibility index (Phi) is 9.59. The number of aromatic amines is 1. The van der Waals surface area contributed by atoms with Gasteiger partial charge in [0.25, 0.3) is 0 Å². The van der Waals surface area contributed by atoms with E-state index in [0.29, 0.717) is 10.8 Å². The predicted octanol–water partition coefficient (Wildman–Crippen LogP) is 5.92. The molecule has 0 unspecified atom stereocenters. The first-order valence-electron chi connectivity index (χ1n) is 8.64. The number of hydrogen-bond acceptors (Lipinski definition) is 4. The molecule has 5 nitrogen and oxygen atoms in total. The highest BCUT2D eigenvalue weighted by Crippen LogP contribution is 2.34. The maximum Gasteiger partial charge on any atom is 0.139 e. The summed E-state index contributed by atoms with van der Waals surface area (Å²) in [6, 6.07) is 8.07. The fraction of sp³-hybridized carbons (Fsp3) is 0.250. The number of ether oxygens (including phenoxy) is 1. The zero-order valence-electron chi connectivity index (χ0n) is 16.0. The van der Waals surface area contributed by atoms with Crippen LogP contribution in [0.25, 0.3) is 16.6 Å². The summed E-state index contributed by atoms with van der Waals surface area (Å²) in [5, 5.41) is 8.52. The van der Waals surface area contributed by atoms with Crippen molar-refractivity contribution in [2.45, 2.75) is 13.3 Å². The quantitative estimate of drug-likeness (QED) is 0.436. The van der Waals surface area contributed by atoms with E-state index in [4.69, 9.17) is 16.3 Å². The Labute approximate surface area is 193 Å². The molecule has 0 radical (unpaired) electrons. The summed E-state index contributed by atoms with van der Waals surface area (Å²) in [5.41, 5.74) is 6.23. The molecular weight excluding hydrogens is 454 g/mol. The molecule has 9 heteroatoms. The van der Waals surface area contributed by atoms with Gasteiger partial charge in [0.15, 0.2) is 0 Å². The number of H-pyrrole nitrogens is 1. The Morgan fingerprint density at radius 3 is 2.66 bits per heavy atom. The van der Waals surface area contributed by atoms with Crippen LogP contribution in [0.5, 0.6) is 5.75 Å². The number of halogens is 4. The Hall–Kier alpha value is -1.63. The summed E-state index contributed by atoms with van der Waals surface area (Å²) >= 11 is 6.27. The highest BCUT2D eigenvalue weighted by Gasteiger charge is 2.13. The van der Waals surface area contributed by atoms with Gasteiger partial charge >= 0.3 is 0 Å². The predicted molar refractivity (Wildman–Crippen MR) is 129 cm³/mol. The van der Waals surface area contributed by atoms with Crippen molar-refractivity contribution in [3.05, 3.63) is 52.8 Å². The number of methoxy groups -OCH3 is 1. The molecule has 3 N–H and O–H groups in total. The molecule has 1 aliphatic heterocycles. The minimum atomic E-state index is 0. The smallest absolute Gasteiger partial charge is 0.139 e. The van der Waals surface area contributed by atoms with E-state index in [-0.39, 0.29) is 37.2 Å². The van der Waals surface area contributed by atoms with Gasteiger partial charge in [0, 0.05) is 35.6 Å². The van der Waals surface area contributed by atoms with Crippen molar-refractivity contribution >= 4 is 76.8 Å². The number of anilines is 2. The molecule has 29 heavy (non-hydrogen) atoms. The van der Waals surface area contributed by atoms with Gasteiger partial charge in [-0.15, -0.1) is 37.2 Å². The summed E-state index contributed by atoms with van der Waals surface area (Å²) in [7, 11) is 1.63. The third kappa shape index (κ3) is 5.30. The number of nitrogens with zero attached hydrogens (tertiary/aromatic N) is 1. The second-order valence-electron chi connectivity index (χ2n) is 6.42. The molecule has 3 aromatic rings. The Balaban J connectivity index is 0.00000140. The highest BCUT2D eigenvalue weighted by atomic mass is 35.5. The normalized spacial score (nSPS) is 12.9. The van der Waals surface area contributed by atoms with Gasteiger partial charge in [-0.3, -0.25) is 0 Å². The van der Waals surface area contributed by atoms with Crippen LogP contribution in [-0.4, -0.2) is 30.2 Å². The number of nitrogens with one attached hydrogen (secondary N) is 3. The number of aromatic nitrogens is 2. The van der Waals surface area contributed by atoms with Gasteiger partial charge < -0.3 is 20.4 Å². The van der Waals surface area contributed by atoms with E-state index >= 15 is 0 Å². The fourth-order valence-corrected chi connectivity index (χ4v) is 3.48. The largest absolute Gasteiger partial charge is 0.495 e. The maximum atomic E-state index is 6.27. The molecule has 4 rings (SSSR count). The summed E-state index contributed by atoms with van der Waals surface area (Å²) in [6.07, 6.45) is 5.06. The first-order valence-corrected chi connectivity index (χ1v) is 9.02. The first kappa shape index (κ1) is 25.4. The summed E-state index contributed by atoms with van der Waals surface area (Å²) in [5.74, 6) is 0.661. The lowest BCUT2D eigenvalue weighted by Gasteiger charge is -2.12. The number of rotatable bonds is 4. The molecule has 1 aliphatic rings. The molecule has 0 spiro atoms. The van der Waals surface area contributed by atoms with Gasteiger partial charge in [0.1, 0.15) is 11.4 Å². The zero-order chi connectivity index (χ0) is 18.1. The van der Waals surface area contributed by atoms with Crippen LogP contribution in [0.1, 0.15) is 17.7 Å². The summed E-state index contributed by atoms with van der Waals surface area (Å²) in [6.45, 7) is 3.88. The number of pyridine rings is 1. The fourth-order valence-electron chi connectivity index (χ4n) is 3.29. The monoisotopic (exact) mass is 476 g/mol. The van der Waals surface area contributed by atoms with E-state index in [9.17, 15) is 0 Å². The molecule has 158 valence electrons. The molecule has 0 atom stereocenters. The van der Waals surface area contributed by atoms with Gasteiger partial charge in [-0.25, -0.2) is 4.98 Å². The standard InChI is InChI=1S/C20H21ClN4O.3ClH/c1-12-9-14(10-18(26-2)19(12)21)24-16-5-8-23-20-15(16)11-17(25-20)13-3-6-22-7-4-13;;;/h3,5,8-11,22H,4,6-7H2,1-2H3,(H2,23,24,25);3*1H. The van der Waals surface area contributed by atoms with Gasteiger partial charge in [-0.2, -0.15) is 0 Å². The van der Waals surface area contributed by atoms with E-state index < -0.39 is 0 Å². The molecule has 0 aliphatic carbocycles. The van der Waals surface area contributed by atoms with Crippen molar-refractivity contribution in [3.8, 4) is 5.75 Å². The molecule has 0 fully saturated rings. The van der Waals surface area contributed by atoms with Crippen LogP contribution in [0, 0.1) is 6.92 Å².